The highest BCUT2D eigenvalue weighted by Gasteiger charge is 2.19. The average molecular weight is 290 g/mol. The highest BCUT2D eigenvalue weighted by atomic mass is 79.9. The number of nitro groups is 1. The molecule has 16 heavy (non-hydrogen) atoms. The van der Waals surface area contributed by atoms with E-state index >= 15 is 0 Å². The van der Waals surface area contributed by atoms with Gasteiger partial charge in [-0.15, -0.1) is 0 Å². The lowest BCUT2D eigenvalue weighted by molar-refractivity contribution is -0.386. The Labute approximate surface area is 101 Å². The first-order chi connectivity index (χ1) is 7.29. The quantitative estimate of drug-likeness (QED) is 0.683. The van der Waals surface area contributed by atoms with Gasteiger partial charge in [0.05, 0.1) is 10.5 Å². The second-order valence-electron chi connectivity index (χ2n) is 3.97. The van der Waals surface area contributed by atoms with Gasteiger partial charge in [0.2, 0.25) is 0 Å². The van der Waals surface area contributed by atoms with Crippen molar-refractivity contribution in [3.05, 3.63) is 32.8 Å². The number of aliphatic hydroxyl groups is 1. The monoisotopic (exact) mass is 289 g/mol. The van der Waals surface area contributed by atoms with Crippen molar-refractivity contribution in [1.82, 2.24) is 0 Å². The van der Waals surface area contributed by atoms with Crippen LogP contribution in [0, 0.1) is 10.1 Å². The third-order valence-corrected chi connectivity index (χ3v) is 2.19. The molecule has 0 atom stereocenters. The van der Waals surface area contributed by atoms with Crippen LogP contribution in [0.4, 0.5) is 5.69 Å². The molecule has 0 saturated heterocycles. The van der Waals surface area contributed by atoms with Crippen molar-refractivity contribution in [2.45, 2.75) is 19.4 Å². The average Bonchev–Trinajstić information content (AvgIpc) is 2.14. The van der Waals surface area contributed by atoms with E-state index in [1.54, 1.807) is 19.9 Å². The molecule has 0 amide bonds. The maximum Gasteiger partial charge on any atom is 0.312 e. The predicted octanol–water partition coefficient (Wildman–Crippen LogP) is 2.51. The maximum absolute atomic E-state index is 10.7. The molecule has 1 N–H and O–H groups in total. The number of halogens is 1. The van der Waals surface area contributed by atoms with Gasteiger partial charge in [-0.25, -0.2) is 0 Å². The van der Waals surface area contributed by atoms with Crippen molar-refractivity contribution in [1.29, 1.82) is 0 Å². The molecule has 1 aromatic carbocycles. The second-order valence-corrected chi connectivity index (χ2v) is 4.89. The topological polar surface area (TPSA) is 72.6 Å². The first kappa shape index (κ1) is 12.9. The van der Waals surface area contributed by atoms with Gasteiger partial charge in [0, 0.05) is 10.5 Å². The normalized spacial score (nSPS) is 11.2. The summed E-state index contributed by atoms with van der Waals surface area (Å²) in [5.41, 5.74) is -1.15. The standard InChI is InChI=1S/C10H12BrNO4/c1-10(2,13)6-16-9-4-3-7(11)5-8(9)12(14)15/h3-5,13H,6H2,1-2H3. The number of benzene rings is 1. The Balaban J connectivity index is 2.91. The lowest BCUT2D eigenvalue weighted by Crippen LogP contribution is -2.28. The minimum atomic E-state index is -1.03. The van der Waals surface area contributed by atoms with E-state index in [-0.39, 0.29) is 18.0 Å². The Hall–Kier alpha value is -1.14. The molecule has 0 aliphatic heterocycles. The number of rotatable bonds is 4. The molecule has 1 rings (SSSR count). The van der Waals surface area contributed by atoms with Crippen LogP contribution in [0.15, 0.2) is 22.7 Å². The van der Waals surface area contributed by atoms with Gasteiger partial charge in [-0.2, -0.15) is 0 Å². The summed E-state index contributed by atoms with van der Waals surface area (Å²) in [6, 6.07) is 4.50. The zero-order chi connectivity index (χ0) is 12.3. The molecule has 0 aliphatic rings. The minimum Gasteiger partial charge on any atom is -0.484 e. The van der Waals surface area contributed by atoms with E-state index in [0.717, 1.165) is 0 Å². The fraction of sp³-hybridized carbons (Fsp3) is 0.400. The number of nitrogens with zero attached hydrogens (tertiary/aromatic N) is 1. The first-order valence-electron chi connectivity index (χ1n) is 4.59. The molecule has 0 bridgehead atoms. The molecule has 0 aromatic heterocycles. The van der Waals surface area contributed by atoms with Crippen molar-refractivity contribution in [3.8, 4) is 5.75 Å². The van der Waals surface area contributed by atoms with Gasteiger partial charge in [0.15, 0.2) is 5.75 Å². The highest BCUT2D eigenvalue weighted by molar-refractivity contribution is 9.10. The van der Waals surface area contributed by atoms with Gasteiger partial charge in [-0.3, -0.25) is 10.1 Å². The van der Waals surface area contributed by atoms with Crippen molar-refractivity contribution in [2.24, 2.45) is 0 Å². The molecule has 0 saturated carbocycles. The number of ether oxygens (including phenoxy) is 1. The largest absolute Gasteiger partial charge is 0.484 e. The molecule has 0 radical (unpaired) electrons. The van der Waals surface area contributed by atoms with Crippen LogP contribution in [0.3, 0.4) is 0 Å². The van der Waals surface area contributed by atoms with E-state index in [1.165, 1.54) is 12.1 Å². The lowest BCUT2D eigenvalue weighted by atomic mass is 10.2. The van der Waals surface area contributed by atoms with E-state index in [0.29, 0.717) is 4.47 Å². The SMILES string of the molecule is CC(C)(O)COc1ccc(Br)cc1[N+](=O)[O-]. The van der Waals surface area contributed by atoms with Crippen molar-refractivity contribution >= 4 is 21.6 Å². The molecular weight excluding hydrogens is 278 g/mol. The van der Waals surface area contributed by atoms with E-state index in [9.17, 15) is 15.2 Å². The molecule has 6 heteroatoms. The molecule has 88 valence electrons. The second kappa shape index (κ2) is 4.80. The Morgan fingerprint density at radius 3 is 2.69 bits per heavy atom. The number of hydrogen-bond acceptors (Lipinski definition) is 4. The summed E-state index contributed by atoms with van der Waals surface area (Å²) in [7, 11) is 0. The summed E-state index contributed by atoms with van der Waals surface area (Å²) in [4.78, 5) is 10.2. The van der Waals surface area contributed by atoms with Crippen molar-refractivity contribution in [3.63, 3.8) is 0 Å². The van der Waals surface area contributed by atoms with Crippen molar-refractivity contribution in [2.75, 3.05) is 6.61 Å². The van der Waals surface area contributed by atoms with Gasteiger partial charge < -0.3 is 9.84 Å². The summed E-state index contributed by atoms with van der Waals surface area (Å²) in [6.07, 6.45) is 0. The van der Waals surface area contributed by atoms with Crippen molar-refractivity contribution < 1.29 is 14.8 Å². The molecule has 0 spiro atoms. The van der Waals surface area contributed by atoms with Crippen LogP contribution in [-0.4, -0.2) is 22.2 Å². The Morgan fingerprint density at radius 2 is 2.19 bits per heavy atom. The lowest BCUT2D eigenvalue weighted by Gasteiger charge is -2.17. The third kappa shape index (κ3) is 3.79. The summed E-state index contributed by atoms with van der Waals surface area (Å²) in [5.74, 6) is 0.148. The van der Waals surface area contributed by atoms with Crippen LogP contribution in [0.2, 0.25) is 0 Å². The smallest absolute Gasteiger partial charge is 0.312 e. The Kier molecular flexibility index (Phi) is 3.88. The first-order valence-corrected chi connectivity index (χ1v) is 5.38. The van der Waals surface area contributed by atoms with Gasteiger partial charge in [0.1, 0.15) is 6.61 Å². The van der Waals surface area contributed by atoms with Crippen LogP contribution >= 0.6 is 15.9 Å². The summed E-state index contributed by atoms with van der Waals surface area (Å²) in [5, 5.41) is 20.2. The zero-order valence-electron chi connectivity index (χ0n) is 8.94. The third-order valence-electron chi connectivity index (χ3n) is 1.70. The van der Waals surface area contributed by atoms with E-state index in [4.69, 9.17) is 4.74 Å². The fourth-order valence-corrected chi connectivity index (χ4v) is 1.36. The van der Waals surface area contributed by atoms with Gasteiger partial charge in [-0.1, -0.05) is 15.9 Å². The molecule has 0 heterocycles. The molecular formula is C10H12BrNO4. The molecule has 0 fully saturated rings. The molecule has 5 nitrogen and oxygen atoms in total. The maximum atomic E-state index is 10.7. The Bertz CT molecular complexity index is 400. The summed E-state index contributed by atoms with van der Waals surface area (Å²) in [6.45, 7) is 3.13. The van der Waals surface area contributed by atoms with Crippen LogP contribution in [0.5, 0.6) is 5.75 Å². The highest BCUT2D eigenvalue weighted by Crippen LogP contribution is 2.30. The van der Waals surface area contributed by atoms with Crippen LogP contribution in [0.1, 0.15) is 13.8 Å². The van der Waals surface area contributed by atoms with Crippen LogP contribution in [-0.2, 0) is 0 Å². The number of hydrogen-bond donors (Lipinski definition) is 1. The minimum absolute atomic E-state index is 0.00449. The van der Waals surface area contributed by atoms with Crippen LogP contribution < -0.4 is 4.74 Å². The van der Waals surface area contributed by atoms with E-state index in [1.807, 2.05) is 0 Å². The molecule has 0 aliphatic carbocycles. The Morgan fingerprint density at radius 1 is 1.56 bits per heavy atom. The van der Waals surface area contributed by atoms with E-state index in [2.05, 4.69) is 15.9 Å². The fourth-order valence-electron chi connectivity index (χ4n) is 1.01. The van der Waals surface area contributed by atoms with Gasteiger partial charge in [-0.05, 0) is 26.0 Å². The number of nitro benzene ring substituents is 1. The predicted molar refractivity (Wildman–Crippen MR) is 62.6 cm³/mol. The van der Waals surface area contributed by atoms with Crippen LogP contribution in [0.25, 0.3) is 0 Å². The van der Waals surface area contributed by atoms with E-state index < -0.39 is 10.5 Å². The van der Waals surface area contributed by atoms with Gasteiger partial charge in [0.25, 0.3) is 0 Å². The summed E-state index contributed by atoms with van der Waals surface area (Å²) >= 11 is 3.15. The molecule has 0 unspecified atom stereocenters. The zero-order valence-corrected chi connectivity index (χ0v) is 10.5. The summed E-state index contributed by atoms with van der Waals surface area (Å²) < 4.78 is 5.81. The molecule has 1 aromatic rings. The van der Waals surface area contributed by atoms with Gasteiger partial charge >= 0.3 is 5.69 Å².